The van der Waals surface area contributed by atoms with Gasteiger partial charge in [-0.1, -0.05) is 22.0 Å². The van der Waals surface area contributed by atoms with Crippen LogP contribution >= 0.6 is 15.9 Å². The quantitative estimate of drug-likeness (QED) is 0.701. The molecule has 6 heteroatoms. The fourth-order valence-corrected chi connectivity index (χ4v) is 2.59. The molecule has 2 N–H and O–H groups in total. The third-order valence-electron chi connectivity index (χ3n) is 3.30. The van der Waals surface area contributed by atoms with E-state index in [1.807, 2.05) is 36.4 Å². The Labute approximate surface area is 143 Å². The zero-order valence-electron chi connectivity index (χ0n) is 12.6. The van der Waals surface area contributed by atoms with Crippen LogP contribution < -0.4 is 10.6 Å². The summed E-state index contributed by atoms with van der Waals surface area (Å²) in [7, 11) is 0. The number of nitrogens with zero attached hydrogens (tertiary/aromatic N) is 3. The minimum atomic E-state index is 0.620. The maximum Gasteiger partial charge on any atom is 0.135 e. The highest BCUT2D eigenvalue weighted by Gasteiger charge is 2.03. The molecule has 0 spiro atoms. The van der Waals surface area contributed by atoms with Gasteiger partial charge in [0, 0.05) is 22.4 Å². The Morgan fingerprint density at radius 1 is 1.00 bits per heavy atom. The number of pyridine rings is 1. The van der Waals surface area contributed by atoms with Crippen LogP contribution in [0.1, 0.15) is 11.3 Å². The van der Waals surface area contributed by atoms with E-state index in [1.54, 1.807) is 6.20 Å². The van der Waals surface area contributed by atoms with E-state index in [9.17, 15) is 0 Å². The normalized spacial score (nSPS) is 10.3. The smallest absolute Gasteiger partial charge is 0.135 e. The van der Waals surface area contributed by atoms with E-state index in [-0.39, 0.29) is 0 Å². The van der Waals surface area contributed by atoms with Gasteiger partial charge in [-0.3, -0.25) is 4.98 Å². The molecule has 23 heavy (non-hydrogen) atoms. The molecule has 0 radical (unpaired) electrons. The molecule has 0 aliphatic rings. The molecule has 0 atom stereocenters. The lowest BCUT2D eigenvalue weighted by molar-refractivity contribution is 1.02. The van der Waals surface area contributed by atoms with E-state index in [4.69, 9.17) is 0 Å². The van der Waals surface area contributed by atoms with Crippen LogP contribution in [0.2, 0.25) is 0 Å². The van der Waals surface area contributed by atoms with Crippen molar-refractivity contribution in [2.24, 2.45) is 0 Å². The van der Waals surface area contributed by atoms with Gasteiger partial charge >= 0.3 is 0 Å². The number of benzene rings is 1. The van der Waals surface area contributed by atoms with Gasteiger partial charge in [0.15, 0.2) is 0 Å². The van der Waals surface area contributed by atoms with Crippen molar-refractivity contribution in [1.29, 1.82) is 0 Å². The number of rotatable bonds is 5. The Morgan fingerprint density at radius 3 is 2.65 bits per heavy atom. The molecule has 0 bridgehead atoms. The van der Waals surface area contributed by atoms with Crippen molar-refractivity contribution in [2.45, 2.75) is 13.5 Å². The molecule has 0 unspecified atom stereocenters. The summed E-state index contributed by atoms with van der Waals surface area (Å²) in [4.78, 5) is 12.8. The first-order chi connectivity index (χ1) is 11.2. The molecule has 2 aromatic heterocycles. The molecule has 116 valence electrons. The van der Waals surface area contributed by atoms with Crippen LogP contribution in [0.5, 0.6) is 0 Å². The zero-order valence-corrected chi connectivity index (χ0v) is 14.2. The van der Waals surface area contributed by atoms with Gasteiger partial charge in [0.2, 0.25) is 0 Å². The molecule has 3 aromatic rings. The minimum absolute atomic E-state index is 0.620. The van der Waals surface area contributed by atoms with Gasteiger partial charge in [-0.2, -0.15) is 0 Å². The van der Waals surface area contributed by atoms with Gasteiger partial charge in [-0.05, 0) is 42.8 Å². The number of aryl methyl sites for hydroxylation is 1. The first-order valence-electron chi connectivity index (χ1n) is 7.20. The van der Waals surface area contributed by atoms with Crippen molar-refractivity contribution < 1.29 is 0 Å². The molecule has 1 aromatic carbocycles. The Kier molecular flexibility index (Phi) is 4.83. The van der Waals surface area contributed by atoms with Gasteiger partial charge in [0.1, 0.15) is 18.0 Å². The molecule has 0 amide bonds. The van der Waals surface area contributed by atoms with E-state index < -0.39 is 0 Å². The number of nitrogens with one attached hydrogen (secondary N) is 2. The molecule has 0 fully saturated rings. The lowest BCUT2D eigenvalue weighted by Crippen LogP contribution is -2.04. The van der Waals surface area contributed by atoms with Crippen molar-refractivity contribution in [1.82, 2.24) is 15.0 Å². The van der Waals surface area contributed by atoms with E-state index in [2.05, 4.69) is 54.5 Å². The van der Waals surface area contributed by atoms with Crippen LogP contribution in [-0.4, -0.2) is 15.0 Å². The van der Waals surface area contributed by atoms with Gasteiger partial charge in [-0.15, -0.1) is 0 Å². The van der Waals surface area contributed by atoms with E-state index in [0.717, 1.165) is 33.1 Å². The van der Waals surface area contributed by atoms with Crippen molar-refractivity contribution in [3.63, 3.8) is 0 Å². The Hall–Kier alpha value is -2.47. The summed E-state index contributed by atoms with van der Waals surface area (Å²) in [5.41, 5.74) is 3.12. The summed E-state index contributed by atoms with van der Waals surface area (Å²) in [5, 5.41) is 6.56. The fraction of sp³-hybridized carbons (Fsp3) is 0.118. The maximum absolute atomic E-state index is 4.28. The third kappa shape index (κ3) is 4.26. The monoisotopic (exact) mass is 369 g/mol. The predicted molar refractivity (Wildman–Crippen MR) is 95.8 cm³/mol. The number of anilines is 3. The van der Waals surface area contributed by atoms with Crippen LogP contribution in [0, 0.1) is 6.92 Å². The van der Waals surface area contributed by atoms with Crippen LogP contribution in [0.3, 0.4) is 0 Å². The molecule has 0 aliphatic heterocycles. The summed E-state index contributed by atoms with van der Waals surface area (Å²) in [5.74, 6) is 1.50. The standard InChI is InChI=1S/C17H16BrN5/c1-12-8-13(18)5-6-15(12)23-17-9-16(21-11-22-17)20-10-14-4-2-3-7-19-14/h2-9,11H,10H2,1H3,(H2,20,21,22,23). The summed E-state index contributed by atoms with van der Waals surface area (Å²) >= 11 is 3.47. The summed E-state index contributed by atoms with van der Waals surface area (Å²) < 4.78 is 1.06. The van der Waals surface area contributed by atoms with E-state index >= 15 is 0 Å². The highest BCUT2D eigenvalue weighted by molar-refractivity contribution is 9.10. The second kappa shape index (κ2) is 7.19. The van der Waals surface area contributed by atoms with E-state index in [1.165, 1.54) is 6.33 Å². The summed E-state index contributed by atoms with van der Waals surface area (Å²) in [6, 6.07) is 13.8. The topological polar surface area (TPSA) is 62.7 Å². The Balaban J connectivity index is 1.69. The van der Waals surface area contributed by atoms with Gasteiger partial charge in [0.05, 0.1) is 12.2 Å². The minimum Gasteiger partial charge on any atom is -0.364 e. The van der Waals surface area contributed by atoms with Gasteiger partial charge in [-0.25, -0.2) is 9.97 Å². The van der Waals surface area contributed by atoms with Crippen LogP contribution in [0.4, 0.5) is 17.3 Å². The fourth-order valence-electron chi connectivity index (χ4n) is 2.11. The van der Waals surface area contributed by atoms with Crippen LogP contribution in [-0.2, 0) is 6.54 Å². The lowest BCUT2D eigenvalue weighted by atomic mass is 10.2. The lowest BCUT2D eigenvalue weighted by Gasteiger charge is -2.10. The summed E-state index contributed by atoms with van der Waals surface area (Å²) in [6.07, 6.45) is 3.32. The Bertz CT molecular complexity index is 792. The number of hydrogen-bond acceptors (Lipinski definition) is 5. The first-order valence-corrected chi connectivity index (χ1v) is 7.99. The number of halogens is 1. The first kappa shape index (κ1) is 15.4. The van der Waals surface area contributed by atoms with Crippen molar-refractivity contribution >= 4 is 33.3 Å². The molecule has 0 aliphatic carbocycles. The third-order valence-corrected chi connectivity index (χ3v) is 3.79. The van der Waals surface area contributed by atoms with Crippen molar-refractivity contribution in [2.75, 3.05) is 10.6 Å². The highest BCUT2D eigenvalue weighted by atomic mass is 79.9. The molecule has 5 nitrogen and oxygen atoms in total. The van der Waals surface area contributed by atoms with Crippen LogP contribution in [0.25, 0.3) is 0 Å². The average Bonchev–Trinajstić information content (AvgIpc) is 2.57. The predicted octanol–water partition coefficient (Wildman–Crippen LogP) is 4.30. The summed E-state index contributed by atoms with van der Waals surface area (Å²) in [6.45, 7) is 2.67. The van der Waals surface area contributed by atoms with Crippen LogP contribution in [0.15, 0.2) is 59.5 Å². The van der Waals surface area contributed by atoms with E-state index in [0.29, 0.717) is 6.54 Å². The molecule has 0 saturated heterocycles. The molecule has 2 heterocycles. The van der Waals surface area contributed by atoms with Crippen molar-refractivity contribution in [3.8, 4) is 0 Å². The SMILES string of the molecule is Cc1cc(Br)ccc1Nc1cc(NCc2ccccn2)ncn1. The van der Waals surface area contributed by atoms with Gasteiger partial charge in [0.25, 0.3) is 0 Å². The maximum atomic E-state index is 4.28. The average molecular weight is 370 g/mol. The second-order valence-electron chi connectivity index (χ2n) is 5.05. The largest absolute Gasteiger partial charge is 0.364 e. The molecular weight excluding hydrogens is 354 g/mol. The Morgan fingerprint density at radius 2 is 1.87 bits per heavy atom. The number of aromatic nitrogens is 3. The van der Waals surface area contributed by atoms with Gasteiger partial charge < -0.3 is 10.6 Å². The number of hydrogen-bond donors (Lipinski definition) is 2. The second-order valence-corrected chi connectivity index (χ2v) is 5.96. The van der Waals surface area contributed by atoms with Crippen molar-refractivity contribution in [3.05, 3.63) is 70.7 Å². The molecule has 3 rings (SSSR count). The zero-order chi connectivity index (χ0) is 16.1. The molecular formula is C17H16BrN5. The molecule has 0 saturated carbocycles. The highest BCUT2D eigenvalue weighted by Crippen LogP contribution is 2.23.